The molecule has 0 atom stereocenters. The van der Waals surface area contributed by atoms with Crippen LogP contribution in [0.15, 0.2) is 113 Å². The van der Waals surface area contributed by atoms with E-state index < -0.39 is 34.2 Å². The number of ether oxygens (including phenoxy) is 2. The fourth-order valence-electron chi connectivity index (χ4n) is 3.66. The Bertz CT molecular complexity index is 1630. The highest BCUT2D eigenvalue weighted by molar-refractivity contribution is 7.92. The molecule has 0 saturated carbocycles. The maximum absolute atomic E-state index is 13.4. The van der Waals surface area contributed by atoms with Crippen LogP contribution in [0, 0.1) is 5.82 Å². The minimum absolute atomic E-state index is 0.00120. The van der Waals surface area contributed by atoms with Gasteiger partial charge in [0.05, 0.1) is 23.9 Å². The van der Waals surface area contributed by atoms with Crippen molar-refractivity contribution in [2.24, 2.45) is 5.10 Å². The van der Waals surface area contributed by atoms with Gasteiger partial charge in [0, 0.05) is 5.69 Å². The molecule has 42 heavy (non-hydrogen) atoms. The van der Waals surface area contributed by atoms with Crippen molar-refractivity contribution in [3.8, 4) is 11.5 Å². The molecule has 2 amide bonds. The largest absolute Gasteiger partial charge is 0.497 e. The van der Waals surface area contributed by atoms with E-state index in [1.165, 1.54) is 61.9 Å². The average molecular weight is 591 g/mol. The molecule has 0 aliphatic heterocycles. The lowest BCUT2D eigenvalue weighted by Crippen LogP contribution is -2.39. The Kier molecular flexibility index (Phi) is 9.85. The molecule has 4 aromatic carbocycles. The first-order valence-electron chi connectivity index (χ1n) is 12.6. The summed E-state index contributed by atoms with van der Waals surface area (Å²) in [6.45, 7) is -0.763. The Morgan fingerprint density at radius 3 is 2.14 bits per heavy atom. The Hall–Kier alpha value is -5.23. The number of hydrogen-bond acceptors (Lipinski definition) is 7. The van der Waals surface area contributed by atoms with Crippen molar-refractivity contribution in [2.45, 2.75) is 4.90 Å². The van der Waals surface area contributed by atoms with Crippen LogP contribution in [0.4, 0.5) is 15.8 Å². The summed E-state index contributed by atoms with van der Waals surface area (Å²) in [4.78, 5) is 24.8. The van der Waals surface area contributed by atoms with Crippen molar-refractivity contribution < 1.29 is 31.9 Å². The second-order valence-electron chi connectivity index (χ2n) is 8.73. The van der Waals surface area contributed by atoms with Gasteiger partial charge in [-0.25, -0.2) is 18.2 Å². The maximum Gasteiger partial charge on any atom is 0.264 e. The SMILES string of the molecule is COc1ccc(S(=O)(=O)N(CC(=O)N/N=C\c2ccc(OCC(=O)Nc3ccc(F)cc3)cc2)c2ccccc2)cc1. The van der Waals surface area contributed by atoms with Crippen molar-refractivity contribution in [3.05, 3.63) is 115 Å². The number of amides is 2. The van der Waals surface area contributed by atoms with E-state index in [0.717, 1.165) is 4.31 Å². The Morgan fingerprint density at radius 1 is 0.857 bits per heavy atom. The third-order valence-corrected chi connectivity index (χ3v) is 7.55. The van der Waals surface area contributed by atoms with E-state index in [9.17, 15) is 22.4 Å². The van der Waals surface area contributed by atoms with Crippen LogP contribution in [-0.2, 0) is 19.6 Å². The molecule has 0 radical (unpaired) electrons. The second-order valence-corrected chi connectivity index (χ2v) is 10.6. The number of sulfonamides is 1. The van der Waals surface area contributed by atoms with Gasteiger partial charge in [-0.1, -0.05) is 18.2 Å². The molecule has 0 bridgehead atoms. The second kappa shape index (κ2) is 13.9. The molecule has 4 aromatic rings. The van der Waals surface area contributed by atoms with Crippen LogP contribution in [0.3, 0.4) is 0 Å². The number of para-hydroxylation sites is 1. The average Bonchev–Trinajstić information content (AvgIpc) is 3.01. The first kappa shape index (κ1) is 29.7. The molecule has 0 fully saturated rings. The molecular weight excluding hydrogens is 563 g/mol. The van der Waals surface area contributed by atoms with E-state index in [2.05, 4.69) is 15.8 Å². The fraction of sp³-hybridized carbons (Fsp3) is 0.100. The number of nitrogens with zero attached hydrogens (tertiary/aromatic N) is 2. The summed E-state index contributed by atoms with van der Waals surface area (Å²) in [5.41, 5.74) is 3.73. The first-order chi connectivity index (χ1) is 20.2. The van der Waals surface area contributed by atoms with Gasteiger partial charge in [0.25, 0.3) is 21.8 Å². The number of rotatable bonds is 12. The summed E-state index contributed by atoms with van der Waals surface area (Å²) in [5, 5.41) is 6.53. The van der Waals surface area contributed by atoms with Crippen molar-refractivity contribution in [3.63, 3.8) is 0 Å². The predicted molar refractivity (Wildman–Crippen MR) is 157 cm³/mol. The van der Waals surface area contributed by atoms with E-state index in [-0.39, 0.29) is 11.5 Å². The predicted octanol–water partition coefficient (Wildman–Crippen LogP) is 4.20. The zero-order valence-corrected chi connectivity index (χ0v) is 23.3. The van der Waals surface area contributed by atoms with Crippen molar-refractivity contribution in [1.29, 1.82) is 0 Å². The quantitative estimate of drug-likeness (QED) is 0.188. The molecule has 0 aliphatic carbocycles. The van der Waals surface area contributed by atoms with Crippen molar-refractivity contribution in [1.82, 2.24) is 5.43 Å². The molecule has 12 heteroatoms. The van der Waals surface area contributed by atoms with Crippen LogP contribution in [0.1, 0.15) is 5.56 Å². The van der Waals surface area contributed by atoms with Crippen LogP contribution in [0.25, 0.3) is 0 Å². The van der Waals surface area contributed by atoms with Gasteiger partial charge in [-0.15, -0.1) is 0 Å². The number of nitrogens with one attached hydrogen (secondary N) is 2. The van der Waals surface area contributed by atoms with Crippen LogP contribution in [-0.4, -0.2) is 46.7 Å². The lowest BCUT2D eigenvalue weighted by atomic mass is 10.2. The van der Waals surface area contributed by atoms with Crippen LogP contribution in [0.5, 0.6) is 11.5 Å². The molecule has 4 rings (SSSR count). The van der Waals surface area contributed by atoms with Gasteiger partial charge in [0.1, 0.15) is 23.9 Å². The number of hydrogen-bond donors (Lipinski definition) is 2. The third kappa shape index (κ3) is 8.15. The maximum atomic E-state index is 13.4. The van der Waals surface area contributed by atoms with E-state index in [4.69, 9.17) is 9.47 Å². The van der Waals surface area contributed by atoms with E-state index in [1.807, 2.05) is 0 Å². The molecule has 0 unspecified atom stereocenters. The minimum Gasteiger partial charge on any atom is -0.497 e. The Balaban J connectivity index is 1.33. The van der Waals surface area contributed by atoms with E-state index in [0.29, 0.717) is 28.4 Å². The molecule has 216 valence electrons. The Labute approximate surface area is 242 Å². The molecule has 0 saturated heterocycles. The number of carbonyl (C=O) groups is 2. The highest BCUT2D eigenvalue weighted by Crippen LogP contribution is 2.25. The summed E-state index contributed by atoms with van der Waals surface area (Å²) < 4.78 is 51.4. The first-order valence-corrected chi connectivity index (χ1v) is 14.0. The van der Waals surface area contributed by atoms with Gasteiger partial charge in [0.2, 0.25) is 0 Å². The summed E-state index contributed by atoms with van der Waals surface area (Å²) in [5.74, 6) is -0.543. The number of hydrazone groups is 1. The lowest BCUT2D eigenvalue weighted by molar-refractivity contribution is -0.119. The normalized spacial score (nSPS) is 11.1. The van der Waals surface area contributed by atoms with E-state index in [1.54, 1.807) is 54.6 Å². The highest BCUT2D eigenvalue weighted by atomic mass is 32.2. The number of anilines is 2. The van der Waals surface area contributed by atoms with Gasteiger partial charge in [-0.2, -0.15) is 5.10 Å². The molecule has 2 N–H and O–H groups in total. The zero-order valence-electron chi connectivity index (χ0n) is 22.4. The minimum atomic E-state index is -4.08. The monoisotopic (exact) mass is 590 g/mol. The Morgan fingerprint density at radius 2 is 1.50 bits per heavy atom. The van der Waals surface area contributed by atoms with Crippen molar-refractivity contribution in [2.75, 3.05) is 29.9 Å². The number of benzene rings is 4. The van der Waals surface area contributed by atoms with Crippen molar-refractivity contribution >= 4 is 39.4 Å². The summed E-state index contributed by atoms with van der Waals surface area (Å²) in [6, 6.07) is 26.1. The van der Waals surface area contributed by atoms with Gasteiger partial charge in [0.15, 0.2) is 6.61 Å². The van der Waals surface area contributed by atoms with E-state index >= 15 is 0 Å². The topological polar surface area (TPSA) is 126 Å². The fourth-order valence-corrected chi connectivity index (χ4v) is 5.08. The van der Waals surface area contributed by atoms with Crippen LogP contribution >= 0.6 is 0 Å². The van der Waals surface area contributed by atoms with Crippen LogP contribution < -0.4 is 24.5 Å². The number of halogens is 1. The summed E-state index contributed by atoms with van der Waals surface area (Å²) in [7, 11) is -2.60. The van der Waals surface area contributed by atoms with Crippen LogP contribution in [0.2, 0.25) is 0 Å². The zero-order chi connectivity index (χ0) is 30.0. The number of carbonyl (C=O) groups excluding carboxylic acids is 2. The standard InChI is InChI=1S/C30H27FN4O6S/c1-40-26-15-17-28(18-16-26)42(38,39)35(25-5-3-2-4-6-25)20-29(36)34-32-19-22-7-13-27(14-8-22)41-21-30(37)33-24-11-9-23(31)10-12-24/h2-19H,20-21H2,1H3,(H,33,37)(H,34,36)/b32-19-. The molecule has 0 aromatic heterocycles. The molecule has 0 heterocycles. The summed E-state index contributed by atoms with van der Waals surface area (Å²) in [6.07, 6.45) is 1.38. The number of methoxy groups -OCH3 is 1. The van der Waals surface area contributed by atoms with Gasteiger partial charge >= 0.3 is 0 Å². The lowest BCUT2D eigenvalue weighted by Gasteiger charge is -2.23. The molecule has 0 spiro atoms. The highest BCUT2D eigenvalue weighted by Gasteiger charge is 2.27. The molecular formula is C30H27FN4O6S. The van der Waals surface area contributed by atoms with Gasteiger partial charge < -0.3 is 14.8 Å². The van der Waals surface area contributed by atoms with Gasteiger partial charge in [-0.05, 0) is 90.5 Å². The third-order valence-electron chi connectivity index (χ3n) is 5.76. The van der Waals surface area contributed by atoms with Gasteiger partial charge in [-0.3, -0.25) is 13.9 Å². The smallest absolute Gasteiger partial charge is 0.264 e. The summed E-state index contributed by atoms with van der Waals surface area (Å²) >= 11 is 0. The molecule has 10 nitrogen and oxygen atoms in total. The molecule has 0 aliphatic rings.